The Morgan fingerprint density at radius 1 is 1.65 bits per heavy atom. The maximum absolute atomic E-state index is 13.5. The number of halogens is 3. The van der Waals surface area contributed by atoms with E-state index < -0.39 is 17.9 Å². The van der Waals surface area contributed by atoms with Crippen LogP contribution in [-0.4, -0.2) is 23.5 Å². The molecule has 0 aliphatic carbocycles. The number of esters is 1. The van der Waals surface area contributed by atoms with Crippen molar-refractivity contribution < 1.29 is 18.3 Å². The Bertz CT molecular complexity index is 398. The van der Waals surface area contributed by atoms with Crippen molar-refractivity contribution in [3.8, 4) is 0 Å². The van der Waals surface area contributed by atoms with Crippen LogP contribution in [0.4, 0.5) is 8.78 Å². The molecule has 0 aromatic carbocycles. The summed E-state index contributed by atoms with van der Waals surface area (Å²) in [6, 6.07) is 1.06. The van der Waals surface area contributed by atoms with Gasteiger partial charge >= 0.3 is 11.9 Å². The summed E-state index contributed by atoms with van der Waals surface area (Å²) in [5.74, 6) is -5.40. The molecule has 1 atom stereocenters. The van der Waals surface area contributed by atoms with Crippen molar-refractivity contribution >= 4 is 21.9 Å². The van der Waals surface area contributed by atoms with Gasteiger partial charge in [-0.2, -0.15) is 8.78 Å². The lowest BCUT2D eigenvalue weighted by Crippen LogP contribution is -2.41. The minimum absolute atomic E-state index is 0.0613. The Hall–Kier alpha value is -1.08. The summed E-state index contributed by atoms with van der Waals surface area (Å²) in [6.07, 6.45) is 1.18. The van der Waals surface area contributed by atoms with Crippen LogP contribution in [0.25, 0.3) is 0 Å². The van der Waals surface area contributed by atoms with Crippen LogP contribution in [0.2, 0.25) is 0 Å². The summed E-state index contributed by atoms with van der Waals surface area (Å²) in [5, 5.41) is 0. The number of alkyl halides is 2. The SMILES string of the molecule is CCOC(=O)C(F)(F)[C@@H](N)c1ccc(Br)nc1. The summed E-state index contributed by atoms with van der Waals surface area (Å²) in [7, 11) is 0. The molecule has 0 radical (unpaired) electrons. The minimum atomic E-state index is -3.77. The van der Waals surface area contributed by atoms with Crippen molar-refractivity contribution in [1.82, 2.24) is 4.98 Å². The van der Waals surface area contributed by atoms with Gasteiger partial charge in [-0.3, -0.25) is 0 Å². The number of carbonyl (C=O) groups excluding carboxylic acids is 1. The fourth-order valence-corrected chi connectivity index (χ4v) is 1.37. The Labute approximate surface area is 105 Å². The molecule has 0 saturated heterocycles. The molecule has 1 rings (SSSR count). The van der Waals surface area contributed by atoms with E-state index in [-0.39, 0.29) is 12.2 Å². The molecule has 7 heteroatoms. The Balaban J connectivity index is 2.91. The standard InChI is InChI=1S/C10H11BrF2N2O2/c1-2-17-9(16)10(12,13)8(14)6-3-4-7(11)15-5-6/h3-5,8H,2,14H2,1H3/t8-/m0/s1. The van der Waals surface area contributed by atoms with E-state index in [0.29, 0.717) is 4.60 Å². The van der Waals surface area contributed by atoms with Crippen molar-refractivity contribution in [1.29, 1.82) is 0 Å². The average molecular weight is 309 g/mol. The summed E-state index contributed by atoms with van der Waals surface area (Å²) >= 11 is 3.07. The van der Waals surface area contributed by atoms with Crippen molar-refractivity contribution in [2.45, 2.75) is 18.9 Å². The average Bonchev–Trinajstić information content (AvgIpc) is 2.29. The zero-order valence-corrected chi connectivity index (χ0v) is 10.6. The summed E-state index contributed by atoms with van der Waals surface area (Å²) in [5.41, 5.74) is 5.41. The van der Waals surface area contributed by atoms with E-state index in [1.165, 1.54) is 25.3 Å². The first-order chi connectivity index (χ1) is 7.89. The number of pyridine rings is 1. The third-order valence-electron chi connectivity index (χ3n) is 2.05. The van der Waals surface area contributed by atoms with Crippen LogP contribution in [0.1, 0.15) is 18.5 Å². The van der Waals surface area contributed by atoms with E-state index in [1.54, 1.807) is 0 Å². The maximum atomic E-state index is 13.5. The molecule has 2 N–H and O–H groups in total. The molecule has 1 aromatic rings. The van der Waals surface area contributed by atoms with Crippen LogP contribution in [0.3, 0.4) is 0 Å². The largest absolute Gasteiger partial charge is 0.462 e. The predicted molar refractivity (Wildman–Crippen MR) is 60.4 cm³/mol. The van der Waals surface area contributed by atoms with Gasteiger partial charge in [-0.15, -0.1) is 0 Å². The van der Waals surface area contributed by atoms with Crippen LogP contribution < -0.4 is 5.73 Å². The van der Waals surface area contributed by atoms with Gasteiger partial charge in [0.25, 0.3) is 0 Å². The highest BCUT2D eigenvalue weighted by molar-refractivity contribution is 9.10. The topological polar surface area (TPSA) is 65.2 Å². The van der Waals surface area contributed by atoms with Crippen LogP contribution in [0.15, 0.2) is 22.9 Å². The van der Waals surface area contributed by atoms with Gasteiger partial charge < -0.3 is 10.5 Å². The van der Waals surface area contributed by atoms with Gasteiger partial charge in [0, 0.05) is 6.20 Å². The molecule has 4 nitrogen and oxygen atoms in total. The minimum Gasteiger partial charge on any atom is -0.462 e. The van der Waals surface area contributed by atoms with Crippen molar-refractivity contribution in [3.05, 3.63) is 28.5 Å². The molecule has 0 fully saturated rings. The molecule has 0 unspecified atom stereocenters. The summed E-state index contributed by atoms with van der Waals surface area (Å²) in [6.45, 7) is 1.32. The third kappa shape index (κ3) is 3.19. The van der Waals surface area contributed by atoms with E-state index in [0.717, 1.165) is 0 Å². The zero-order valence-electron chi connectivity index (χ0n) is 8.99. The van der Waals surface area contributed by atoms with Crippen molar-refractivity contribution in [2.24, 2.45) is 5.73 Å². The predicted octanol–water partition coefficient (Wildman–Crippen LogP) is 2.04. The fraction of sp³-hybridized carbons (Fsp3) is 0.400. The second-order valence-corrected chi connectivity index (χ2v) is 4.05. The quantitative estimate of drug-likeness (QED) is 0.683. The molecule has 0 saturated carbocycles. The number of ether oxygens (including phenoxy) is 1. The van der Waals surface area contributed by atoms with Crippen molar-refractivity contribution in [2.75, 3.05) is 6.61 Å². The third-order valence-corrected chi connectivity index (χ3v) is 2.52. The molecule has 0 aliphatic rings. The second-order valence-electron chi connectivity index (χ2n) is 3.24. The lowest BCUT2D eigenvalue weighted by molar-refractivity contribution is -0.174. The summed E-state index contributed by atoms with van der Waals surface area (Å²) < 4.78 is 31.9. The number of nitrogens with two attached hydrogens (primary N) is 1. The molecule has 0 bridgehead atoms. The number of nitrogens with zero attached hydrogens (tertiary/aromatic N) is 1. The van der Waals surface area contributed by atoms with Crippen LogP contribution in [0.5, 0.6) is 0 Å². The molecular formula is C10H11BrF2N2O2. The van der Waals surface area contributed by atoms with Gasteiger partial charge in [-0.05, 0) is 34.5 Å². The van der Waals surface area contributed by atoms with E-state index in [1.807, 2.05) is 0 Å². The Morgan fingerprint density at radius 3 is 2.76 bits per heavy atom. The van der Waals surface area contributed by atoms with Crippen LogP contribution in [0, 0.1) is 0 Å². The highest BCUT2D eigenvalue weighted by Gasteiger charge is 2.47. The van der Waals surface area contributed by atoms with Crippen molar-refractivity contribution in [3.63, 3.8) is 0 Å². The zero-order chi connectivity index (χ0) is 13.1. The van der Waals surface area contributed by atoms with Crippen LogP contribution in [-0.2, 0) is 9.53 Å². The molecular weight excluding hydrogens is 298 g/mol. The molecule has 0 aliphatic heterocycles. The monoisotopic (exact) mass is 308 g/mol. The Morgan fingerprint density at radius 2 is 2.29 bits per heavy atom. The number of rotatable bonds is 4. The van der Waals surface area contributed by atoms with Gasteiger partial charge in [0.2, 0.25) is 0 Å². The molecule has 1 heterocycles. The number of carbonyl (C=O) groups is 1. The highest BCUT2D eigenvalue weighted by atomic mass is 79.9. The number of hydrogen-bond donors (Lipinski definition) is 1. The van der Waals surface area contributed by atoms with E-state index >= 15 is 0 Å². The molecule has 94 valence electrons. The lowest BCUT2D eigenvalue weighted by Gasteiger charge is -2.21. The normalized spacial score (nSPS) is 13.2. The van der Waals surface area contributed by atoms with E-state index in [9.17, 15) is 13.6 Å². The summed E-state index contributed by atoms with van der Waals surface area (Å²) in [4.78, 5) is 14.8. The first kappa shape index (κ1) is 14.0. The Kier molecular flexibility index (Phi) is 4.53. The molecule has 0 spiro atoms. The maximum Gasteiger partial charge on any atom is 0.379 e. The van der Waals surface area contributed by atoms with E-state index in [4.69, 9.17) is 5.73 Å². The van der Waals surface area contributed by atoms with E-state index in [2.05, 4.69) is 25.7 Å². The van der Waals surface area contributed by atoms with Gasteiger partial charge in [-0.1, -0.05) is 6.07 Å². The number of hydrogen-bond acceptors (Lipinski definition) is 4. The van der Waals surface area contributed by atoms with Gasteiger partial charge in [-0.25, -0.2) is 9.78 Å². The highest BCUT2D eigenvalue weighted by Crippen LogP contribution is 2.30. The van der Waals surface area contributed by atoms with Gasteiger partial charge in [0.1, 0.15) is 10.6 Å². The smallest absolute Gasteiger partial charge is 0.379 e. The first-order valence-corrected chi connectivity index (χ1v) is 5.61. The lowest BCUT2D eigenvalue weighted by atomic mass is 10.0. The second kappa shape index (κ2) is 5.50. The van der Waals surface area contributed by atoms with Gasteiger partial charge in [0.15, 0.2) is 0 Å². The molecule has 0 amide bonds. The molecule has 17 heavy (non-hydrogen) atoms. The fourth-order valence-electron chi connectivity index (χ4n) is 1.13. The first-order valence-electron chi connectivity index (χ1n) is 4.81. The van der Waals surface area contributed by atoms with Crippen LogP contribution >= 0.6 is 15.9 Å². The van der Waals surface area contributed by atoms with Gasteiger partial charge in [0.05, 0.1) is 6.61 Å². The number of aromatic nitrogens is 1. The molecule has 1 aromatic heterocycles.